The van der Waals surface area contributed by atoms with Gasteiger partial charge in [-0.2, -0.15) is 4.99 Å². The average molecular weight is 288 g/mol. The van der Waals surface area contributed by atoms with Crippen molar-refractivity contribution in [2.24, 2.45) is 27.2 Å². The lowest BCUT2D eigenvalue weighted by Crippen LogP contribution is -2.27. The average Bonchev–Trinajstić information content (AvgIpc) is 2.29. The molecular formula is C11H15ClFN5O. The maximum atomic E-state index is 13.5. The fourth-order valence-corrected chi connectivity index (χ4v) is 1.82. The number of halogens is 2. The first-order chi connectivity index (χ1) is 8.58. The molecule has 0 amide bonds. The van der Waals surface area contributed by atoms with E-state index >= 15 is 0 Å². The molecular weight excluding hydrogens is 273 g/mol. The summed E-state index contributed by atoms with van der Waals surface area (Å²) >= 11 is 0. The summed E-state index contributed by atoms with van der Waals surface area (Å²) in [4.78, 5) is 7.79. The number of aliphatic imine (C=N–C) groups is 2. The summed E-state index contributed by atoms with van der Waals surface area (Å²) in [5, 5.41) is 0. The third kappa shape index (κ3) is 3.47. The number of para-hydroxylation sites is 1. The largest absolute Gasteiger partial charge is 0.490 e. The van der Waals surface area contributed by atoms with Crippen LogP contribution in [0, 0.1) is 5.82 Å². The predicted molar refractivity (Wildman–Crippen MR) is 73.9 cm³/mol. The third-order valence-corrected chi connectivity index (χ3v) is 2.53. The molecule has 0 unspecified atom stereocenters. The topological polar surface area (TPSA) is 112 Å². The van der Waals surface area contributed by atoms with Gasteiger partial charge < -0.3 is 21.9 Å². The standard InChI is InChI=1S/C11H14FN5O.ClH/c12-7-3-1-2-6-8(4-5-18-9(6)7)16-11(15)17-10(13)14;/h1-3,8H,4-5H2,(H6,13,14,15,16,17);1H/t8-;/m1./s1. The van der Waals surface area contributed by atoms with Gasteiger partial charge in [-0.25, -0.2) is 9.38 Å². The van der Waals surface area contributed by atoms with Crippen molar-refractivity contribution in [3.8, 4) is 5.75 Å². The fraction of sp³-hybridized carbons (Fsp3) is 0.273. The van der Waals surface area contributed by atoms with E-state index in [9.17, 15) is 4.39 Å². The number of fused-ring (bicyclic) bond motifs is 1. The lowest BCUT2D eigenvalue weighted by atomic mass is 10.0. The number of hydrogen-bond donors (Lipinski definition) is 3. The van der Waals surface area contributed by atoms with E-state index in [-0.39, 0.29) is 36.1 Å². The molecule has 0 aromatic heterocycles. The number of nitrogens with zero attached hydrogens (tertiary/aromatic N) is 2. The Morgan fingerprint density at radius 3 is 2.74 bits per heavy atom. The first-order valence-electron chi connectivity index (χ1n) is 5.42. The van der Waals surface area contributed by atoms with Crippen LogP contribution in [0.3, 0.4) is 0 Å². The van der Waals surface area contributed by atoms with E-state index < -0.39 is 5.82 Å². The van der Waals surface area contributed by atoms with Crippen LogP contribution >= 0.6 is 12.4 Å². The van der Waals surface area contributed by atoms with Crippen LogP contribution in [0.25, 0.3) is 0 Å². The molecule has 8 heteroatoms. The van der Waals surface area contributed by atoms with E-state index in [2.05, 4.69) is 9.98 Å². The van der Waals surface area contributed by atoms with E-state index in [4.69, 9.17) is 21.9 Å². The maximum Gasteiger partial charge on any atom is 0.219 e. The van der Waals surface area contributed by atoms with Gasteiger partial charge in [0.2, 0.25) is 5.96 Å². The van der Waals surface area contributed by atoms with Crippen LogP contribution < -0.4 is 21.9 Å². The highest BCUT2D eigenvalue weighted by atomic mass is 35.5. The number of guanidine groups is 2. The Kier molecular flexibility index (Phi) is 4.94. The SMILES string of the molecule is Cl.NC(N)=NC(N)=N[C@@H]1CCOc2c(F)cccc21. The van der Waals surface area contributed by atoms with Crippen LogP contribution in [0.15, 0.2) is 28.2 Å². The summed E-state index contributed by atoms with van der Waals surface area (Å²) in [6, 6.07) is 4.38. The molecule has 0 fully saturated rings. The minimum absolute atomic E-state index is 0. The normalized spacial score (nSPS) is 17.7. The predicted octanol–water partition coefficient (Wildman–Crippen LogP) is 0.659. The molecule has 6 N–H and O–H groups in total. The highest BCUT2D eigenvalue weighted by Crippen LogP contribution is 2.36. The van der Waals surface area contributed by atoms with Crippen molar-refractivity contribution in [2.45, 2.75) is 12.5 Å². The summed E-state index contributed by atoms with van der Waals surface area (Å²) in [5.41, 5.74) is 16.6. The molecule has 0 saturated heterocycles. The van der Waals surface area contributed by atoms with Crippen molar-refractivity contribution in [3.63, 3.8) is 0 Å². The number of nitrogens with two attached hydrogens (primary N) is 3. The summed E-state index contributed by atoms with van der Waals surface area (Å²) in [5.74, 6) is -0.386. The zero-order valence-corrected chi connectivity index (χ0v) is 10.9. The van der Waals surface area contributed by atoms with Crippen molar-refractivity contribution in [2.75, 3.05) is 6.61 Å². The quantitative estimate of drug-likeness (QED) is 0.520. The molecule has 0 spiro atoms. The molecule has 2 rings (SSSR count). The summed E-state index contributed by atoms with van der Waals surface area (Å²) in [6.07, 6.45) is 0.594. The number of benzene rings is 1. The van der Waals surface area contributed by atoms with Crippen molar-refractivity contribution >= 4 is 24.3 Å². The Hall–Kier alpha value is -2.02. The van der Waals surface area contributed by atoms with Gasteiger partial charge in [-0.1, -0.05) is 12.1 Å². The van der Waals surface area contributed by atoms with Gasteiger partial charge in [0.1, 0.15) is 0 Å². The molecule has 1 atom stereocenters. The molecule has 1 aliphatic heterocycles. The highest BCUT2D eigenvalue weighted by molar-refractivity contribution is 5.92. The van der Waals surface area contributed by atoms with Gasteiger partial charge >= 0.3 is 0 Å². The summed E-state index contributed by atoms with van der Waals surface area (Å²) in [6.45, 7) is 0.372. The Labute approximate surface area is 115 Å². The zero-order chi connectivity index (χ0) is 13.1. The van der Waals surface area contributed by atoms with Crippen LogP contribution in [0.4, 0.5) is 4.39 Å². The number of hydrogen-bond acceptors (Lipinski definition) is 2. The lowest BCUT2D eigenvalue weighted by molar-refractivity contribution is 0.256. The molecule has 104 valence electrons. The smallest absolute Gasteiger partial charge is 0.219 e. The van der Waals surface area contributed by atoms with Gasteiger partial charge in [0.05, 0.1) is 12.6 Å². The van der Waals surface area contributed by atoms with E-state index in [1.54, 1.807) is 12.1 Å². The van der Waals surface area contributed by atoms with Crippen molar-refractivity contribution in [1.29, 1.82) is 0 Å². The highest BCUT2D eigenvalue weighted by Gasteiger charge is 2.23. The van der Waals surface area contributed by atoms with Gasteiger partial charge in [0.15, 0.2) is 17.5 Å². The van der Waals surface area contributed by atoms with E-state index in [1.807, 2.05) is 0 Å². The maximum absolute atomic E-state index is 13.5. The Bertz CT molecular complexity index is 516. The minimum atomic E-state index is -0.409. The van der Waals surface area contributed by atoms with Gasteiger partial charge in [0, 0.05) is 12.0 Å². The molecule has 19 heavy (non-hydrogen) atoms. The van der Waals surface area contributed by atoms with Crippen LogP contribution in [0.1, 0.15) is 18.0 Å². The molecule has 1 aromatic rings. The van der Waals surface area contributed by atoms with Crippen LogP contribution in [-0.4, -0.2) is 18.5 Å². The second kappa shape index (κ2) is 6.24. The second-order valence-electron chi connectivity index (χ2n) is 3.84. The fourth-order valence-electron chi connectivity index (χ4n) is 1.82. The molecule has 0 aliphatic carbocycles. The van der Waals surface area contributed by atoms with E-state index in [1.165, 1.54) is 6.07 Å². The van der Waals surface area contributed by atoms with Gasteiger partial charge in [-0.05, 0) is 6.07 Å². The Balaban J connectivity index is 0.00000180. The molecule has 0 radical (unpaired) electrons. The first-order valence-corrected chi connectivity index (χ1v) is 5.42. The third-order valence-electron chi connectivity index (χ3n) is 2.53. The van der Waals surface area contributed by atoms with Crippen molar-refractivity contribution in [3.05, 3.63) is 29.6 Å². The van der Waals surface area contributed by atoms with Gasteiger partial charge in [0.25, 0.3) is 0 Å². The van der Waals surface area contributed by atoms with Crippen LogP contribution in [0.2, 0.25) is 0 Å². The lowest BCUT2D eigenvalue weighted by Gasteiger charge is -2.23. The number of ether oxygens (including phenoxy) is 1. The molecule has 0 saturated carbocycles. The zero-order valence-electron chi connectivity index (χ0n) is 10.0. The second-order valence-corrected chi connectivity index (χ2v) is 3.84. The van der Waals surface area contributed by atoms with E-state index in [0.717, 1.165) is 0 Å². The van der Waals surface area contributed by atoms with Gasteiger partial charge in [-0.15, -0.1) is 12.4 Å². The van der Waals surface area contributed by atoms with Crippen LogP contribution in [-0.2, 0) is 0 Å². The molecule has 6 nitrogen and oxygen atoms in total. The van der Waals surface area contributed by atoms with Crippen molar-refractivity contribution in [1.82, 2.24) is 0 Å². The van der Waals surface area contributed by atoms with Crippen LogP contribution in [0.5, 0.6) is 5.75 Å². The monoisotopic (exact) mass is 287 g/mol. The summed E-state index contributed by atoms with van der Waals surface area (Å²) < 4.78 is 18.8. The van der Waals surface area contributed by atoms with Crippen molar-refractivity contribution < 1.29 is 9.13 Å². The summed E-state index contributed by atoms with van der Waals surface area (Å²) in [7, 11) is 0. The Morgan fingerprint density at radius 2 is 2.05 bits per heavy atom. The minimum Gasteiger partial charge on any atom is -0.490 e. The molecule has 1 aromatic carbocycles. The van der Waals surface area contributed by atoms with Gasteiger partial charge in [-0.3, -0.25) is 0 Å². The number of rotatable bonds is 1. The molecule has 0 bridgehead atoms. The molecule has 1 heterocycles. The Morgan fingerprint density at radius 1 is 1.32 bits per heavy atom. The first kappa shape index (κ1) is 15.0. The molecule has 1 aliphatic rings. The van der Waals surface area contributed by atoms with E-state index in [0.29, 0.717) is 18.6 Å².